The number of imidazole rings is 1. The molecule has 3 N–H and O–H groups in total. The van der Waals surface area contributed by atoms with Crippen molar-refractivity contribution in [3.8, 4) is 11.8 Å². The molecule has 196 valence electrons. The fraction of sp³-hybridized carbons (Fsp3) is 0.194. The van der Waals surface area contributed by atoms with Crippen molar-refractivity contribution in [3.63, 3.8) is 0 Å². The summed E-state index contributed by atoms with van der Waals surface area (Å²) < 4.78 is 7.64. The number of nitriles is 1. The second kappa shape index (κ2) is 11.4. The van der Waals surface area contributed by atoms with E-state index in [1.807, 2.05) is 61.2 Å². The van der Waals surface area contributed by atoms with Gasteiger partial charge in [0.15, 0.2) is 0 Å². The number of nitrogens with one attached hydrogen (secondary N) is 1. The highest BCUT2D eigenvalue weighted by molar-refractivity contribution is 7.80. The Morgan fingerprint density at radius 2 is 1.92 bits per heavy atom. The van der Waals surface area contributed by atoms with Crippen molar-refractivity contribution in [2.45, 2.75) is 25.9 Å². The summed E-state index contributed by atoms with van der Waals surface area (Å²) in [5.74, 6) is 0.777. The summed E-state index contributed by atoms with van der Waals surface area (Å²) in [6.07, 6.45) is 6.48. The number of ether oxygens (including phenoxy) is 1. The molecular formula is C31H30N6OS. The van der Waals surface area contributed by atoms with Crippen LogP contribution in [0.5, 0.6) is 5.75 Å². The zero-order chi connectivity index (χ0) is 27.4. The third-order valence-corrected chi connectivity index (χ3v) is 7.23. The van der Waals surface area contributed by atoms with Gasteiger partial charge in [0, 0.05) is 59.8 Å². The van der Waals surface area contributed by atoms with Gasteiger partial charge in [-0.1, -0.05) is 42.0 Å². The molecule has 0 bridgehead atoms. The number of aromatic nitrogens is 3. The van der Waals surface area contributed by atoms with Crippen LogP contribution in [0.2, 0.25) is 0 Å². The third kappa shape index (κ3) is 5.64. The fourth-order valence-electron chi connectivity index (χ4n) is 4.91. The maximum Gasteiger partial charge on any atom is 0.119 e. The van der Waals surface area contributed by atoms with E-state index in [0.29, 0.717) is 23.6 Å². The number of aryl methyl sites for hydroxylation is 1. The molecule has 2 aromatic heterocycles. The molecule has 7 nitrogen and oxygen atoms in total. The number of hydrogen-bond acceptors (Lipinski definition) is 5. The highest BCUT2D eigenvalue weighted by atomic mass is 32.1. The van der Waals surface area contributed by atoms with E-state index in [0.717, 1.165) is 45.6 Å². The lowest BCUT2D eigenvalue weighted by atomic mass is 10.0. The van der Waals surface area contributed by atoms with Gasteiger partial charge >= 0.3 is 0 Å². The Morgan fingerprint density at radius 1 is 1.15 bits per heavy atom. The van der Waals surface area contributed by atoms with Crippen LogP contribution in [0.25, 0.3) is 10.9 Å². The van der Waals surface area contributed by atoms with Crippen molar-refractivity contribution in [3.05, 3.63) is 113 Å². The van der Waals surface area contributed by atoms with Crippen LogP contribution >= 0.6 is 12.2 Å². The molecule has 0 fully saturated rings. The van der Waals surface area contributed by atoms with Crippen molar-refractivity contribution in [1.82, 2.24) is 14.5 Å². The van der Waals surface area contributed by atoms with Crippen LogP contribution in [0.15, 0.2) is 85.5 Å². The van der Waals surface area contributed by atoms with Gasteiger partial charge in [-0.2, -0.15) is 5.26 Å². The zero-order valence-electron chi connectivity index (χ0n) is 22.0. The molecule has 0 aliphatic heterocycles. The lowest BCUT2D eigenvalue weighted by Crippen LogP contribution is -2.38. The Labute approximate surface area is 233 Å². The second-order valence-electron chi connectivity index (χ2n) is 9.56. The normalized spacial score (nSPS) is 11.7. The van der Waals surface area contributed by atoms with Crippen LogP contribution in [0, 0.1) is 18.3 Å². The Kier molecular flexibility index (Phi) is 7.62. The topological polar surface area (TPSA) is 95.9 Å². The number of aromatic amines is 1. The summed E-state index contributed by atoms with van der Waals surface area (Å²) in [6.45, 7) is 3.42. The predicted octanol–water partition coefficient (Wildman–Crippen LogP) is 5.68. The van der Waals surface area contributed by atoms with E-state index in [1.54, 1.807) is 7.11 Å². The number of rotatable bonds is 10. The first-order chi connectivity index (χ1) is 19.0. The van der Waals surface area contributed by atoms with E-state index in [2.05, 4.69) is 56.7 Å². The molecule has 0 saturated carbocycles. The van der Waals surface area contributed by atoms with Gasteiger partial charge in [-0.25, -0.2) is 4.98 Å². The average molecular weight is 535 g/mol. The first kappa shape index (κ1) is 26.0. The number of H-pyrrole nitrogens is 1. The van der Waals surface area contributed by atoms with Gasteiger partial charge < -0.3 is 24.9 Å². The minimum absolute atomic E-state index is 0.335. The van der Waals surface area contributed by atoms with Crippen LogP contribution in [-0.2, 0) is 13.0 Å². The summed E-state index contributed by atoms with van der Waals surface area (Å²) in [4.78, 5) is 10.5. The number of nitrogens with two attached hydrogens (primary N) is 1. The zero-order valence-corrected chi connectivity index (χ0v) is 22.8. The average Bonchev–Trinajstić information content (AvgIpc) is 3.58. The first-order valence-corrected chi connectivity index (χ1v) is 13.1. The number of fused-ring (bicyclic) bond motifs is 1. The molecule has 0 amide bonds. The Hall–Kier alpha value is -4.61. The monoisotopic (exact) mass is 534 g/mol. The highest BCUT2D eigenvalue weighted by Gasteiger charge is 2.27. The number of methoxy groups -OCH3 is 1. The molecule has 0 spiro atoms. The molecule has 3 aromatic carbocycles. The number of hydrogen-bond donors (Lipinski definition) is 2. The molecule has 39 heavy (non-hydrogen) atoms. The Balaban J connectivity index is 1.48. The molecule has 2 heterocycles. The van der Waals surface area contributed by atoms with Gasteiger partial charge in [-0.3, -0.25) is 0 Å². The van der Waals surface area contributed by atoms with Crippen molar-refractivity contribution in [1.29, 1.82) is 5.26 Å². The van der Waals surface area contributed by atoms with Crippen LogP contribution < -0.4 is 15.4 Å². The number of benzene rings is 3. The van der Waals surface area contributed by atoms with Crippen LogP contribution in [0.4, 0.5) is 5.69 Å². The minimum Gasteiger partial charge on any atom is -0.497 e. The smallest absolute Gasteiger partial charge is 0.119 e. The maximum atomic E-state index is 9.10. The quantitative estimate of drug-likeness (QED) is 0.224. The van der Waals surface area contributed by atoms with E-state index < -0.39 is 0 Å². The number of thiocarbonyl (C=S) groups is 1. The van der Waals surface area contributed by atoms with Crippen molar-refractivity contribution in [2.24, 2.45) is 5.73 Å². The van der Waals surface area contributed by atoms with E-state index in [-0.39, 0.29) is 6.04 Å². The summed E-state index contributed by atoms with van der Waals surface area (Å²) >= 11 is 5.69. The van der Waals surface area contributed by atoms with Gasteiger partial charge in [-0.05, 0) is 55.0 Å². The van der Waals surface area contributed by atoms with Gasteiger partial charge in [0.1, 0.15) is 16.8 Å². The molecule has 0 radical (unpaired) electrons. The lowest BCUT2D eigenvalue weighted by molar-refractivity contribution is 0.415. The molecule has 0 saturated heterocycles. The van der Waals surface area contributed by atoms with Gasteiger partial charge in [0.2, 0.25) is 0 Å². The summed E-state index contributed by atoms with van der Waals surface area (Å²) in [5.41, 5.74) is 13.5. The molecule has 0 aliphatic rings. The van der Waals surface area contributed by atoms with E-state index in [9.17, 15) is 0 Å². The van der Waals surface area contributed by atoms with Crippen LogP contribution in [0.3, 0.4) is 0 Å². The van der Waals surface area contributed by atoms with Crippen LogP contribution in [-0.4, -0.2) is 33.2 Å². The van der Waals surface area contributed by atoms with Crippen molar-refractivity contribution < 1.29 is 4.74 Å². The molecule has 5 aromatic rings. The Morgan fingerprint density at radius 3 is 2.62 bits per heavy atom. The second-order valence-corrected chi connectivity index (χ2v) is 10.0. The van der Waals surface area contributed by atoms with Gasteiger partial charge in [-0.15, -0.1) is 0 Å². The van der Waals surface area contributed by atoms with Crippen LogP contribution in [0.1, 0.15) is 34.0 Å². The Bertz CT molecular complexity index is 1630. The van der Waals surface area contributed by atoms with Gasteiger partial charge in [0.05, 0.1) is 25.1 Å². The molecule has 1 unspecified atom stereocenters. The molecular weight excluding hydrogens is 504 g/mol. The SMILES string of the molecule is COc1ccc2[nH]cc(C(C(N)=S)N(CCc3cncn3Cc3ccc(C#N)cc3)c3ccc(C)cc3)c2c1. The highest BCUT2D eigenvalue weighted by Crippen LogP contribution is 2.34. The summed E-state index contributed by atoms with van der Waals surface area (Å²) in [7, 11) is 1.66. The number of anilines is 1. The summed E-state index contributed by atoms with van der Waals surface area (Å²) in [6, 6.07) is 23.9. The molecule has 8 heteroatoms. The number of nitrogens with zero attached hydrogens (tertiary/aromatic N) is 4. The third-order valence-electron chi connectivity index (χ3n) is 7.01. The molecule has 1 atom stereocenters. The maximum absolute atomic E-state index is 9.10. The lowest BCUT2D eigenvalue weighted by Gasteiger charge is -2.33. The van der Waals surface area contributed by atoms with E-state index in [1.165, 1.54) is 5.56 Å². The van der Waals surface area contributed by atoms with Gasteiger partial charge in [0.25, 0.3) is 0 Å². The van der Waals surface area contributed by atoms with Crippen molar-refractivity contribution >= 4 is 33.8 Å². The minimum atomic E-state index is -0.335. The first-order valence-electron chi connectivity index (χ1n) is 12.7. The molecule has 5 rings (SSSR count). The summed E-state index contributed by atoms with van der Waals surface area (Å²) in [5, 5.41) is 10.1. The standard InChI is InChI=1S/C31H30N6OS/c1-21-3-9-24(10-4-21)37(30(31(33)39)28-18-35-29-12-11-26(38-2)15-27(28)29)14-13-25-17-34-20-36(25)19-23-7-5-22(16-32)6-8-23/h3-12,15,17-18,20,30,35H,13-14,19H2,1-2H3,(H2,33,39). The molecule has 0 aliphatic carbocycles. The van der Waals surface area contributed by atoms with E-state index >= 15 is 0 Å². The largest absolute Gasteiger partial charge is 0.497 e. The van der Waals surface area contributed by atoms with E-state index in [4.69, 9.17) is 28.0 Å². The predicted molar refractivity (Wildman–Crippen MR) is 159 cm³/mol. The van der Waals surface area contributed by atoms with Crippen molar-refractivity contribution in [2.75, 3.05) is 18.6 Å². The fourth-order valence-corrected chi connectivity index (χ4v) is 5.16.